The maximum Gasteiger partial charge on any atom is 0.305 e. The van der Waals surface area contributed by atoms with Gasteiger partial charge in [0.2, 0.25) is 5.91 Å². The minimum atomic E-state index is -0.842. The molecule has 0 aliphatic heterocycles. The molecule has 6 nitrogen and oxygen atoms in total. The van der Waals surface area contributed by atoms with E-state index >= 15 is 0 Å². The number of unbranched alkanes of at least 4 members (excludes halogenated alkanes) is 57. The van der Waals surface area contributed by atoms with Crippen molar-refractivity contribution in [1.82, 2.24) is 5.32 Å². The Morgan fingerprint density at radius 2 is 0.580 bits per heavy atom. The highest BCUT2D eigenvalue weighted by atomic mass is 16.5. The van der Waals surface area contributed by atoms with Gasteiger partial charge in [-0.05, 0) is 57.8 Å². The van der Waals surface area contributed by atoms with Crippen LogP contribution in [0.5, 0.6) is 0 Å². The Morgan fingerprint density at radius 3 is 0.889 bits per heavy atom. The van der Waals surface area contributed by atoms with Gasteiger partial charge in [0.25, 0.3) is 0 Å². The van der Waals surface area contributed by atoms with Crippen LogP contribution in [0, 0.1) is 0 Å². The van der Waals surface area contributed by atoms with Crippen molar-refractivity contribution in [2.45, 2.75) is 431 Å². The average molecular weight is 1140 g/mol. The van der Waals surface area contributed by atoms with Crippen LogP contribution < -0.4 is 5.32 Å². The largest absolute Gasteiger partial charge is 0.466 e. The summed E-state index contributed by atoms with van der Waals surface area (Å²) in [6, 6.07) is -0.626. The number of ether oxygens (including phenoxy) is 1. The van der Waals surface area contributed by atoms with E-state index in [2.05, 4.69) is 31.3 Å². The predicted molar refractivity (Wildman–Crippen MR) is 356 cm³/mol. The minimum Gasteiger partial charge on any atom is -0.466 e. The molecule has 3 N–H and O–H groups in total. The number of amides is 1. The van der Waals surface area contributed by atoms with Crippen molar-refractivity contribution in [1.29, 1.82) is 0 Å². The Kier molecular flexibility index (Phi) is 69.4. The molecule has 0 bridgehead atoms. The van der Waals surface area contributed by atoms with Gasteiger partial charge in [0.1, 0.15) is 0 Å². The fourth-order valence-electron chi connectivity index (χ4n) is 11.8. The quantitative estimate of drug-likeness (QED) is 0.0320. The first-order valence-electron chi connectivity index (χ1n) is 37.1. The van der Waals surface area contributed by atoms with E-state index in [1.807, 2.05) is 6.08 Å². The van der Waals surface area contributed by atoms with Crippen LogP contribution in [-0.2, 0) is 14.3 Å². The zero-order chi connectivity index (χ0) is 58.5. The van der Waals surface area contributed by atoms with Crippen molar-refractivity contribution in [3.8, 4) is 0 Å². The van der Waals surface area contributed by atoms with Gasteiger partial charge in [0.05, 0.1) is 25.4 Å². The zero-order valence-electron chi connectivity index (χ0n) is 55.0. The summed E-state index contributed by atoms with van der Waals surface area (Å²) in [6.45, 7) is 4.93. The van der Waals surface area contributed by atoms with Gasteiger partial charge in [0, 0.05) is 12.8 Å². The van der Waals surface area contributed by atoms with Gasteiger partial charge in [-0.15, -0.1) is 0 Å². The van der Waals surface area contributed by atoms with Crippen LogP contribution >= 0.6 is 0 Å². The standard InChI is InChI=1S/C75H145NO5/c1-3-5-7-9-11-13-15-17-18-19-20-31-34-37-40-44-47-51-55-59-63-67-73(78)72(71-77)76-74(79)68-64-60-56-52-48-45-41-38-35-32-29-27-25-23-21-22-24-26-28-30-33-36-39-42-46-50-54-58-62-66-70-81-75(80)69-65-61-57-53-49-43-16-14-12-10-8-6-4-2/h14,16,63,67,72-73,77-78H,3-13,15,17-62,64-66,68-71H2,1-2H3,(H,76,79)/b16-14-,67-63+. The molecule has 81 heavy (non-hydrogen) atoms. The number of nitrogens with one attached hydrogen (secondary N) is 1. The lowest BCUT2D eigenvalue weighted by molar-refractivity contribution is -0.143. The number of hydrogen-bond acceptors (Lipinski definition) is 5. The summed E-state index contributed by atoms with van der Waals surface area (Å²) >= 11 is 0. The SMILES string of the molecule is CCCCCC/C=C\CCCCCCCC(=O)OCCCCCCCCCCCCCCCCCCCCCCCCCCCCCCCCC(=O)NC(CO)C(O)/C=C/CCCCCCCCCCCCCCCCCCCCC. The van der Waals surface area contributed by atoms with Crippen LogP contribution in [0.25, 0.3) is 0 Å². The molecule has 0 saturated carbocycles. The molecule has 0 spiro atoms. The number of allylic oxidation sites excluding steroid dienone is 3. The number of aliphatic hydroxyl groups excluding tert-OH is 2. The van der Waals surface area contributed by atoms with Crippen molar-refractivity contribution < 1.29 is 24.5 Å². The lowest BCUT2D eigenvalue weighted by Gasteiger charge is -2.20. The monoisotopic (exact) mass is 1140 g/mol. The molecule has 0 fully saturated rings. The minimum absolute atomic E-state index is 0.0112. The molecule has 6 heteroatoms. The third kappa shape index (κ3) is 67.3. The second-order valence-electron chi connectivity index (χ2n) is 25.6. The topological polar surface area (TPSA) is 95.9 Å². The lowest BCUT2D eigenvalue weighted by Crippen LogP contribution is -2.45. The molecule has 0 radical (unpaired) electrons. The summed E-state index contributed by atoms with van der Waals surface area (Å²) in [5.74, 6) is -0.0484. The molecule has 0 aromatic carbocycles. The van der Waals surface area contributed by atoms with E-state index < -0.39 is 12.1 Å². The fourth-order valence-corrected chi connectivity index (χ4v) is 11.8. The molecule has 0 aliphatic carbocycles. The fraction of sp³-hybridized carbons (Fsp3) is 0.920. The van der Waals surface area contributed by atoms with E-state index in [1.54, 1.807) is 6.08 Å². The number of hydrogen-bond donors (Lipinski definition) is 3. The number of aliphatic hydroxyl groups is 2. The normalized spacial score (nSPS) is 12.6. The molecule has 0 aromatic heterocycles. The summed E-state index contributed by atoms with van der Waals surface area (Å²) in [5, 5.41) is 23.3. The Bertz CT molecular complexity index is 1270. The van der Waals surface area contributed by atoms with Gasteiger partial charge in [-0.2, -0.15) is 0 Å². The first kappa shape index (κ1) is 79.3. The van der Waals surface area contributed by atoms with Crippen molar-refractivity contribution in [2.24, 2.45) is 0 Å². The summed E-state index contributed by atoms with van der Waals surface area (Å²) in [6.07, 6.45) is 89.9. The van der Waals surface area contributed by atoms with Crippen LogP contribution in [-0.4, -0.2) is 47.4 Å². The molecule has 1 amide bonds. The van der Waals surface area contributed by atoms with Gasteiger partial charge in [-0.3, -0.25) is 9.59 Å². The Hall–Kier alpha value is -1.66. The van der Waals surface area contributed by atoms with Crippen molar-refractivity contribution in [3.05, 3.63) is 24.3 Å². The van der Waals surface area contributed by atoms with Crippen LogP contribution in [0.4, 0.5) is 0 Å². The van der Waals surface area contributed by atoms with Crippen molar-refractivity contribution in [3.63, 3.8) is 0 Å². The van der Waals surface area contributed by atoms with Gasteiger partial charge in [-0.1, -0.05) is 372 Å². The summed E-state index contributed by atoms with van der Waals surface area (Å²) in [7, 11) is 0. The van der Waals surface area contributed by atoms with Gasteiger partial charge < -0.3 is 20.3 Å². The van der Waals surface area contributed by atoms with Crippen LogP contribution in [0.3, 0.4) is 0 Å². The second kappa shape index (κ2) is 70.8. The maximum absolute atomic E-state index is 12.5. The van der Waals surface area contributed by atoms with Gasteiger partial charge in [-0.25, -0.2) is 0 Å². The number of carbonyl (C=O) groups excluding carboxylic acids is 2. The highest BCUT2D eigenvalue weighted by Gasteiger charge is 2.18. The third-order valence-electron chi connectivity index (χ3n) is 17.5. The average Bonchev–Trinajstić information content (AvgIpc) is 3.47. The van der Waals surface area contributed by atoms with E-state index in [0.717, 1.165) is 44.9 Å². The predicted octanol–water partition coefficient (Wildman–Crippen LogP) is 24.1. The van der Waals surface area contributed by atoms with E-state index in [-0.39, 0.29) is 18.5 Å². The smallest absolute Gasteiger partial charge is 0.305 e. The molecule has 0 rings (SSSR count). The first-order chi connectivity index (χ1) is 40.0. The Morgan fingerprint density at radius 1 is 0.333 bits per heavy atom. The number of rotatable bonds is 70. The molecule has 0 aliphatic rings. The molecule has 480 valence electrons. The van der Waals surface area contributed by atoms with Crippen LogP contribution in [0.2, 0.25) is 0 Å². The van der Waals surface area contributed by atoms with Gasteiger partial charge in [0.15, 0.2) is 0 Å². The second-order valence-corrected chi connectivity index (χ2v) is 25.6. The molecule has 2 atom stereocenters. The molecular weight excluding hydrogens is 995 g/mol. The highest BCUT2D eigenvalue weighted by Crippen LogP contribution is 2.19. The van der Waals surface area contributed by atoms with Crippen molar-refractivity contribution >= 4 is 11.9 Å². The molecule has 2 unspecified atom stereocenters. The first-order valence-corrected chi connectivity index (χ1v) is 37.1. The van der Waals surface area contributed by atoms with E-state index in [0.29, 0.717) is 19.4 Å². The van der Waals surface area contributed by atoms with E-state index in [9.17, 15) is 19.8 Å². The number of esters is 1. The lowest BCUT2D eigenvalue weighted by atomic mass is 10.0. The zero-order valence-corrected chi connectivity index (χ0v) is 55.0. The number of carbonyl (C=O) groups is 2. The molecule has 0 aromatic rings. The maximum atomic E-state index is 12.5. The summed E-state index contributed by atoms with van der Waals surface area (Å²) in [5.41, 5.74) is 0. The van der Waals surface area contributed by atoms with E-state index in [1.165, 1.54) is 347 Å². The van der Waals surface area contributed by atoms with Crippen LogP contribution in [0.1, 0.15) is 418 Å². The molecule has 0 heterocycles. The van der Waals surface area contributed by atoms with Crippen molar-refractivity contribution in [2.75, 3.05) is 13.2 Å². The summed E-state index contributed by atoms with van der Waals surface area (Å²) in [4.78, 5) is 24.6. The van der Waals surface area contributed by atoms with E-state index in [4.69, 9.17) is 4.74 Å². The van der Waals surface area contributed by atoms with Crippen LogP contribution in [0.15, 0.2) is 24.3 Å². The Labute approximate surface area is 507 Å². The third-order valence-corrected chi connectivity index (χ3v) is 17.5. The molecule has 0 saturated heterocycles. The van der Waals surface area contributed by atoms with Gasteiger partial charge >= 0.3 is 5.97 Å². The summed E-state index contributed by atoms with van der Waals surface area (Å²) < 4.78 is 5.48. The highest BCUT2D eigenvalue weighted by molar-refractivity contribution is 5.76. The molecular formula is C75H145NO5. The Balaban J connectivity index is 3.36.